The van der Waals surface area contributed by atoms with Crippen LogP contribution in [0.4, 0.5) is 29.6 Å². The number of anilines is 2. The van der Waals surface area contributed by atoms with Crippen LogP contribution < -0.4 is 10.4 Å². The van der Waals surface area contributed by atoms with Gasteiger partial charge in [-0.25, -0.2) is 9.97 Å². The first-order valence-corrected chi connectivity index (χ1v) is 8.54. The van der Waals surface area contributed by atoms with E-state index in [1.54, 1.807) is 12.1 Å². The maximum atomic E-state index is 12.7. The van der Waals surface area contributed by atoms with Crippen molar-refractivity contribution in [2.45, 2.75) is 24.9 Å². The molecule has 3 rings (SSSR count). The summed E-state index contributed by atoms with van der Waals surface area (Å²) in [6.07, 6.45) is -3.71. The van der Waals surface area contributed by atoms with E-state index in [2.05, 4.69) is 15.3 Å². The third-order valence-corrected chi connectivity index (χ3v) is 4.73. The fourth-order valence-electron chi connectivity index (χ4n) is 2.97. The number of alkyl halides is 3. The van der Waals surface area contributed by atoms with Gasteiger partial charge in [0.25, 0.3) is 0 Å². The van der Waals surface area contributed by atoms with Crippen LogP contribution in [0.2, 0.25) is 5.15 Å². The van der Waals surface area contributed by atoms with Crippen LogP contribution in [0, 0.1) is 0 Å². The number of rotatable bonds is 3. The second-order valence-corrected chi connectivity index (χ2v) is 6.53. The summed E-state index contributed by atoms with van der Waals surface area (Å²) in [7, 11) is 0. The zero-order valence-electron chi connectivity index (χ0n) is 14.0. The first kappa shape index (κ1) is 19.2. The van der Waals surface area contributed by atoms with Gasteiger partial charge in [-0.15, -0.1) is 0 Å². The maximum Gasteiger partial charge on any atom is 0.420 e. The highest BCUT2D eigenvalue weighted by atomic mass is 35.5. The molecule has 1 amide bonds. The molecule has 1 fully saturated rings. The number of hydrogen-bond donors (Lipinski definition) is 1. The molecule has 1 aliphatic heterocycles. The molecule has 2 aromatic rings. The van der Waals surface area contributed by atoms with Gasteiger partial charge in [-0.2, -0.15) is 13.2 Å². The molecule has 0 unspecified atom stereocenters. The second-order valence-electron chi connectivity index (χ2n) is 6.17. The number of likely N-dealkylation sites (tertiary alicyclic amines) is 1. The molecule has 2 heterocycles. The molecule has 1 aliphatic rings. The minimum atomic E-state index is -4.61. The highest BCUT2D eigenvalue weighted by Crippen LogP contribution is 2.34. The Balaban J connectivity index is 1.65. The number of benzene rings is 1. The van der Waals surface area contributed by atoms with Gasteiger partial charge in [0.1, 0.15) is 16.8 Å². The third-order valence-electron chi connectivity index (χ3n) is 4.44. The molecule has 1 N–H and O–H groups in total. The van der Waals surface area contributed by atoms with Gasteiger partial charge in [0.2, 0.25) is 5.95 Å². The molecule has 10 heteroatoms. The smallest absolute Gasteiger partial charge is 0.420 e. The van der Waals surface area contributed by atoms with Crippen molar-refractivity contribution in [1.29, 1.82) is 0 Å². The molecule has 0 bridgehead atoms. The van der Waals surface area contributed by atoms with E-state index in [0.29, 0.717) is 37.8 Å². The van der Waals surface area contributed by atoms with E-state index in [4.69, 9.17) is 11.6 Å². The largest absolute Gasteiger partial charge is 0.530 e. The fraction of sp³-hybridized carbons (Fsp3) is 0.353. The number of carboxylic acid groups (broad SMARTS) is 1. The number of nitrogens with one attached hydrogen (secondary N) is 1. The standard InChI is InChI=1S/C17H16ClF3N4O2/c18-14-13(17(19,20)21)9-22-15(24-14)23-12-3-1-10(2-4-12)11-5-7-25(8-6-11)16(26)27/h1-4,9,11H,5-8H2,(H,26,27)(H,22,23,24)/p-1. The molecule has 0 atom stereocenters. The van der Waals surface area contributed by atoms with Crippen molar-refractivity contribution in [2.75, 3.05) is 18.4 Å². The lowest BCUT2D eigenvalue weighted by Gasteiger charge is -2.33. The minimum Gasteiger partial charge on any atom is -0.530 e. The third kappa shape index (κ3) is 4.60. The molecular formula is C17H15ClF3N4O2-. The van der Waals surface area contributed by atoms with Crippen LogP contribution in [0.1, 0.15) is 29.9 Å². The van der Waals surface area contributed by atoms with E-state index in [9.17, 15) is 23.1 Å². The highest BCUT2D eigenvalue weighted by molar-refractivity contribution is 6.30. The van der Waals surface area contributed by atoms with Crippen LogP contribution in [0.5, 0.6) is 0 Å². The molecule has 1 aromatic carbocycles. The molecule has 1 saturated heterocycles. The number of hydrogen-bond acceptors (Lipinski definition) is 5. The maximum absolute atomic E-state index is 12.7. The van der Waals surface area contributed by atoms with Crippen molar-refractivity contribution in [3.8, 4) is 0 Å². The Kier molecular flexibility index (Phi) is 5.41. The molecule has 0 radical (unpaired) electrons. The van der Waals surface area contributed by atoms with Gasteiger partial charge in [0.05, 0.1) is 0 Å². The summed E-state index contributed by atoms with van der Waals surface area (Å²) in [5.74, 6) is 0.203. The Morgan fingerprint density at radius 2 is 1.85 bits per heavy atom. The summed E-state index contributed by atoms with van der Waals surface area (Å²) in [6, 6.07) is 7.28. The van der Waals surface area contributed by atoms with Gasteiger partial charge < -0.3 is 20.1 Å². The quantitative estimate of drug-likeness (QED) is 0.800. The van der Waals surface area contributed by atoms with Crippen LogP contribution in [0.3, 0.4) is 0 Å². The summed E-state index contributed by atoms with van der Waals surface area (Å²) < 4.78 is 38.0. The number of aromatic nitrogens is 2. The highest BCUT2D eigenvalue weighted by Gasteiger charge is 2.34. The predicted octanol–water partition coefficient (Wildman–Crippen LogP) is 3.42. The second kappa shape index (κ2) is 7.59. The van der Waals surface area contributed by atoms with Crippen LogP contribution in [-0.2, 0) is 6.18 Å². The fourth-order valence-corrected chi connectivity index (χ4v) is 3.21. The summed E-state index contributed by atoms with van der Waals surface area (Å²) >= 11 is 5.58. The average Bonchev–Trinajstić information content (AvgIpc) is 2.61. The lowest BCUT2D eigenvalue weighted by Crippen LogP contribution is -2.45. The number of nitrogens with zero attached hydrogens (tertiary/aromatic N) is 3. The predicted molar refractivity (Wildman–Crippen MR) is 90.7 cm³/mol. The summed E-state index contributed by atoms with van der Waals surface area (Å²) in [6.45, 7) is 0.871. The van der Waals surface area contributed by atoms with Gasteiger partial charge in [0, 0.05) is 25.0 Å². The van der Waals surface area contributed by atoms with E-state index >= 15 is 0 Å². The monoisotopic (exact) mass is 399 g/mol. The van der Waals surface area contributed by atoms with Gasteiger partial charge in [-0.3, -0.25) is 0 Å². The minimum absolute atomic E-state index is 0.0389. The average molecular weight is 400 g/mol. The summed E-state index contributed by atoms with van der Waals surface area (Å²) in [5, 5.41) is 13.0. The van der Waals surface area contributed by atoms with Gasteiger partial charge in [0.15, 0.2) is 0 Å². The van der Waals surface area contributed by atoms with Gasteiger partial charge >= 0.3 is 6.18 Å². The lowest BCUT2D eigenvalue weighted by atomic mass is 9.89. The van der Waals surface area contributed by atoms with Gasteiger partial charge in [-0.05, 0) is 36.5 Å². The van der Waals surface area contributed by atoms with Crippen LogP contribution in [-0.4, -0.2) is 34.1 Å². The van der Waals surface area contributed by atoms with Crippen LogP contribution in [0.15, 0.2) is 30.5 Å². The molecular weight excluding hydrogens is 385 g/mol. The van der Waals surface area contributed by atoms with Crippen LogP contribution >= 0.6 is 11.6 Å². The first-order chi connectivity index (χ1) is 12.7. The zero-order valence-corrected chi connectivity index (χ0v) is 14.7. The topological polar surface area (TPSA) is 81.2 Å². The number of halogens is 4. The summed E-state index contributed by atoms with van der Waals surface area (Å²) in [4.78, 5) is 19.4. The zero-order chi connectivity index (χ0) is 19.6. The molecule has 0 spiro atoms. The van der Waals surface area contributed by atoms with E-state index in [0.717, 1.165) is 5.56 Å². The number of piperidine rings is 1. The molecule has 0 saturated carbocycles. The molecule has 6 nitrogen and oxygen atoms in total. The molecule has 27 heavy (non-hydrogen) atoms. The van der Waals surface area contributed by atoms with E-state index in [1.807, 2.05) is 12.1 Å². The Morgan fingerprint density at radius 1 is 1.22 bits per heavy atom. The van der Waals surface area contributed by atoms with Crippen molar-refractivity contribution in [3.63, 3.8) is 0 Å². The van der Waals surface area contributed by atoms with E-state index < -0.39 is 23.0 Å². The first-order valence-electron chi connectivity index (χ1n) is 8.16. The molecule has 1 aromatic heterocycles. The van der Waals surface area contributed by atoms with Crippen molar-refractivity contribution in [3.05, 3.63) is 46.7 Å². The Labute approximate surface area is 158 Å². The number of carbonyl (C=O) groups excluding carboxylic acids is 1. The normalized spacial score (nSPS) is 15.6. The van der Waals surface area contributed by atoms with Crippen molar-refractivity contribution >= 4 is 29.3 Å². The summed E-state index contributed by atoms with van der Waals surface area (Å²) in [5.41, 5.74) is 0.569. The Hall–Kier alpha value is -2.55. The number of carbonyl (C=O) groups is 1. The van der Waals surface area contributed by atoms with Crippen LogP contribution in [0.25, 0.3) is 0 Å². The lowest BCUT2D eigenvalue weighted by molar-refractivity contribution is -0.266. The van der Waals surface area contributed by atoms with Gasteiger partial charge in [-0.1, -0.05) is 23.7 Å². The Bertz CT molecular complexity index is 822. The molecule has 0 aliphatic carbocycles. The van der Waals surface area contributed by atoms with Crippen molar-refractivity contribution in [2.24, 2.45) is 0 Å². The molecule has 144 valence electrons. The van der Waals surface area contributed by atoms with Crippen molar-refractivity contribution in [1.82, 2.24) is 14.9 Å². The Morgan fingerprint density at radius 3 is 2.37 bits per heavy atom. The number of amides is 1. The SMILES string of the molecule is O=C([O-])N1CCC(c2ccc(Nc3ncc(C(F)(F)F)c(Cl)n3)cc2)CC1. The van der Waals surface area contributed by atoms with E-state index in [1.165, 1.54) is 4.90 Å². The van der Waals surface area contributed by atoms with Crippen molar-refractivity contribution < 1.29 is 23.1 Å². The van der Waals surface area contributed by atoms with E-state index in [-0.39, 0.29) is 11.9 Å².